The van der Waals surface area contributed by atoms with Crippen molar-refractivity contribution >= 4 is 17.2 Å². The molecule has 5 heteroatoms. The van der Waals surface area contributed by atoms with Gasteiger partial charge in [0, 0.05) is 37.5 Å². The average molecular weight is 305 g/mol. The van der Waals surface area contributed by atoms with Crippen molar-refractivity contribution in [3.05, 3.63) is 16.1 Å². The summed E-state index contributed by atoms with van der Waals surface area (Å²) >= 11 is 1.73. The van der Waals surface area contributed by atoms with Crippen LogP contribution in [0.4, 0.5) is 0 Å². The molecule has 2 atom stereocenters. The van der Waals surface area contributed by atoms with Crippen molar-refractivity contribution in [2.45, 2.75) is 39.2 Å². The number of thiazole rings is 1. The zero-order valence-corrected chi connectivity index (χ0v) is 13.5. The fourth-order valence-corrected chi connectivity index (χ4v) is 4.74. The van der Waals surface area contributed by atoms with E-state index < -0.39 is 0 Å². The molecule has 0 bridgehead atoms. The standard InChI is InChI=1S/C16H23N3OS/c1-12-17-13(10-21-12)9-18-7-4-16(11-18)8-14(16)15(20)19-5-2-3-6-19/h10,14H,2-9,11H2,1H3. The minimum absolute atomic E-state index is 0.310. The molecule has 1 amide bonds. The Morgan fingerprint density at radius 2 is 2.24 bits per heavy atom. The molecule has 4 nitrogen and oxygen atoms in total. The van der Waals surface area contributed by atoms with Crippen molar-refractivity contribution in [1.29, 1.82) is 0 Å². The molecule has 1 saturated carbocycles. The Bertz CT molecular complexity index is 551. The largest absolute Gasteiger partial charge is 0.342 e. The molecule has 114 valence electrons. The van der Waals surface area contributed by atoms with Gasteiger partial charge in [-0.1, -0.05) is 0 Å². The molecule has 3 fully saturated rings. The van der Waals surface area contributed by atoms with Gasteiger partial charge in [0.1, 0.15) is 0 Å². The third-order valence-electron chi connectivity index (χ3n) is 5.42. The number of hydrogen-bond acceptors (Lipinski definition) is 4. The minimum Gasteiger partial charge on any atom is -0.342 e. The van der Waals surface area contributed by atoms with E-state index in [9.17, 15) is 4.79 Å². The summed E-state index contributed by atoms with van der Waals surface area (Å²) in [7, 11) is 0. The highest BCUT2D eigenvalue weighted by molar-refractivity contribution is 7.09. The molecule has 0 aromatic carbocycles. The lowest BCUT2D eigenvalue weighted by molar-refractivity contribution is -0.132. The molecule has 2 unspecified atom stereocenters. The Balaban J connectivity index is 1.35. The zero-order valence-electron chi connectivity index (χ0n) is 12.7. The molecule has 0 radical (unpaired) electrons. The Labute approximate surface area is 130 Å². The van der Waals surface area contributed by atoms with E-state index in [1.165, 1.54) is 25.0 Å². The van der Waals surface area contributed by atoms with E-state index in [1.54, 1.807) is 11.3 Å². The lowest BCUT2D eigenvalue weighted by Gasteiger charge is -2.18. The highest BCUT2D eigenvalue weighted by Crippen LogP contribution is 2.59. The first kappa shape index (κ1) is 13.7. The first-order valence-corrected chi connectivity index (χ1v) is 8.96. The van der Waals surface area contributed by atoms with Crippen molar-refractivity contribution in [2.75, 3.05) is 26.2 Å². The number of carbonyl (C=O) groups excluding carboxylic acids is 1. The fraction of sp³-hybridized carbons (Fsp3) is 0.750. The van der Waals surface area contributed by atoms with Gasteiger partial charge >= 0.3 is 0 Å². The molecule has 3 aliphatic rings. The summed E-state index contributed by atoms with van der Waals surface area (Å²) in [5, 5.41) is 3.31. The summed E-state index contributed by atoms with van der Waals surface area (Å²) in [4.78, 5) is 21.7. The average Bonchev–Trinajstić information content (AvgIpc) is 2.91. The highest BCUT2D eigenvalue weighted by Gasteiger charge is 2.61. The van der Waals surface area contributed by atoms with Crippen LogP contribution in [0, 0.1) is 18.3 Å². The van der Waals surface area contributed by atoms with Crippen LogP contribution in [0.25, 0.3) is 0 Å². The molecule has 3 heterocycles. The van der Waals surface area contributed by atoms with Crippen molar-refractivity contribution < 1.29 is 4.79 Å². The van der Waals surface area contributed by atoms with Crippen molar-refractivity contribution in [1.82, 2.24) is 14.8 Å². The first-order valence-electron chi connectivity index (χ1n) is 8.08. The summed E-state index contributed by atoms with van der Waals surface area (Å²) in [6, 6.07) is 0. The molecule has 1 aromatic rings. The second kappa shape index (κ2) is 5.06. The third-order valence-corrected chi connectivity index (χ3v) is 6.24. The van der Waals surface area contributed by atoms with Crippen LogP contribution in [0.15, 0.2) is 5.38 Å². The van der Waals surface area contributed by atoms with Crippen molar-refractivity contribution in [3.63, 3.8) is 0 Å². The molecular weight excluding hydrogens is 282 g/mol. The second-order valence-electron chi connectivity index (χ2n) is 6.97. The van der Waals surface area contributed by atoms with Gasteiger partial charge in [-0.3, -0.25) is 9.69 Å². The number of aromatic nitrogens is 1. The molecule has 1 spiro atoms. The van der Waals surface area contributed by atoms with Crippen LogP contribution in [0.1, 0.15) is 36.4 Å². The van der Waals surface area contributed by atoms with Crippen LogP contribution in [0.5, 0.6) is 0 Å². The number of amides is 1. The Kier molecular flexibility index (Phi) is 3.30. The summed E-state index contributed by atoms with van der Waals surface area (Å²) in [6.07, 6.45) is 4.71. The van der Waals surface area contributed by atoms with E-state index in [4.69, 9.17) is 0 Å². The maximum Gasteiger partial charge on any atom is 0.226 e. The van der Waals surface area contributed by atoms with Gasteiger partial charge < -0.3 is 4.90 Å². The molecule has 21 heavy (non-hydrogen) atoms. The number of rotatable bonds is 3. The van der Waals surface area contributed by atoms with E-state index >= 15 is 0 Å². The molecule has 1 aliphatic carbocycles. The number of hydrogen-bond donors (Lipinski definition) is 0. The van der Waals surface area contributed by atoms with Crippen molar-refractivity contribution in [3.8, 4) is 0 Å². The van der Waals surface area contributed by atoms with Gasteiger partial charge in [0.15, 0.2) is 0 Å². The third kappa shape index (κ3) is 2.50. The highest BCUT2D eigenvalue weighted by atomic mass is 32.1. The Hall–Kier alpha value is -0.940. The van der Waals surface area contributed by atoms with E-state index in [0.29, 0.717) is 17.2 Å². The number of aryl methyl sites for hydroxylation is 1. The lowest BCUT2D eigenvalue weighted by Crippen LogP contribution is -2.31. The fourth-order valence-electron chi connectivity index (χ4n) is 4.13. The van der Waals surface area contributed by atoms with E-state index in [-0.39, 0.29) is 0 Å². The van der Waals surface area contributed by atoms with Crippen molar-refractivity contribution in [2.24, 2.45) is 11.3 Å². The summed E-state index contributed by atoms with van der Waals surface area (Å²) < 4.78 is 0. The van der Waals surface area contributed by atoms with Gasteiger partial charge in [0.05, 0.1) is 10.7 Å². The summed E-state index contributed by atoms with van der Waals surface area (Å²) in [6.45, 7) is 7.22. The molecule has 0 N–H and O–H groups in total. The van der Waals surface area contributed by atoms with Gasteiger partial charge in [0.2, 0.25) is 5.91 Å². The maximum absolute atomic E-state index is 12.5. The van der Waals surface area contributed by atoms with Gasteiger partial charge in [-0.2, -0.15) is 0 Å². The second-order valence-corrected chi connectivity index (χ2v) is 8.03. The predicted molar refractivity (Wildman–Crippen MR) is 83.1 cm³/mol. The molecule has 2 saturated heterocycles. The number of likely N-dealkylation sites (tertiary alicyclic amines) is 2. The molecule has 1 aromatic heterocycles. The number of carbonyl (C=O) groups is 1. The van der Waals surface area contributed by atoms with Crippen LogP contribution in [-0.4, -0.2) is 46.9 Å². The van der Waals surface area contributed by atoms with Crippen LogP contribution < -0.4 is 0 Å². The van der Waals surface area contributed by atoms with Crippen LogP contribution in [-0.2, 0) is 11.3 Å². The zero-order chi connectivity index (χ0) is 14.4. The van der Waals surface area contributed by atoms with Gasteiger partial charge in [0.25, 0.3) is 0 Å². The van der Waals surface area contributed by atoms with Crippen LogP contribution in [0.3, 0.4) is 0 Å². The smallest absolute Gasteiger partial charge is 0.226 e. The normalized spacial score (nSPS) is 32.2. The quantitative estimate of drug-likeness (QED) is 0.859. The SMILES string of the molecule is Cc1nc(CN2CCC3(CC3C(=O)N3CCCC3)C2)cs1. The molecule has 4 rings (SSSR count). The minimum atomic E-state index is 0.310. The maximum atomic E-state index is 12.5. The van der Waals surface area contributed by atoms with Gasteiger partial charge in [-0.25, -0.2) is 4.98 Å². The van der Waals surface area contributed by atoms with Gasteiger partial charge in [-0.05, 0) is 44.6 Å². The number of nitrogens with zero attached hydrogens (tertiary/aromatic N) is 3. The Morgan fingerprint density at radius 1 is 1.43 bits per heavy atom. The van der Waals surface area contributed by atoms with Crippen LogP contribution in [0.2, 0.25) is 0 Å². The molecular formula is C16H23N3OS. The van der Waals surface area contributed by atoms with E-state index in [1.807, 2.05) is 0 Å². The summed E-state index contributed by atoms with van der Waals surface area (Å²) in [5.41, 5.74) is 1.50. The van der Waals surface area contributed by atoms with E-state index in [2.05, 4.69) is 27.1 Å². The van der Waals surface area contributed by atoms with Gasteiger partial charge in [-0.15, -0.1) is 11.3 Å². The first-order chi connectivity index (χ1) is 10.2. The summed E-state index contributed by atoms with van der Waals surface area (Å²) in [5.74, 6) is 0.761. The molecule has 2 aliphatic heterocycles. The van der Waals surface area contributed by atoms with Crippen LogP contribution >= 0.6 is 11.3 Å². The monoisotopic (exact) mass is 305 g/mol. The Morgan fingerprint density at radius 3 is 2.95 bits per heavy atom. The predicted octanol–water partition coefficient (Wildman–Crippen LogP) is 2.29. The van der Waals surface area contributed by atoms with E-state index in [0.717, 1.165) is 44.2 Å². The topological polar surface area (TPSA) is 36.4 Å². The lowest BCUT2D eigenvalue weighted by atomic mass is 10.0.